The van der Waals surface area contributed by atoms with Crippen molar-refractivity contribution in [1.29, 1.82) is 0 Å². The van der Waals surface area contributed by atoms with Gasteiger partial charge in [0.05, 0.1) is 22.3 Å². The minimum absolute atomic E-state index is 0.310. The number of amides is 4. The molecule has 4 amide bonds. The lowest BCUT2D eigenvalue weighted by Crippen LogP contribution is -2.53. The number of carbonyl (C=O) groups excluding carboxylic acids is 4. The molecule has 2 aromatic rings. The summed E-state index contributed by atoms with van der Waals surface area (Å²) in [6, 6.07) is 13.2. The number of hydrogen-bond acceptors (Lipinski definition) is 4. The van der Waals surface area contributed by atoms with Crippen molar-refractivity contribution in [1.82, 2.24) is 9.80 Å². The first-order chi connectivity index (χ1) is 13.6. The molecule has 2 aliphatic heterocycles. The predicted molar refractivity (Wildman–Crippen MR) is 102 cm³/mol. The number of hydrogen-bond donors (Lipinski definition) is 0. The number of carbonyl (C=O) groups is 4. The number of imide groups is 2. The summed E-state index contributed by atoms with van der Waals surface area (Å²) in [4.78, 5) is 54.1. The van der Waals surface area contributed by atoms with Crippen LogP contribution in [0.5, 0.6) is 0 Å². The molecule has 142 valence electrons. The zero-order valence-corrected chi connectivity index (χ0v) is 15.6. The average Bonchev–Trinajstić information content (AvgIpc) is 3.12. The molecule has 4 rings (SSSR count). The summed E-state index contributed by atoms with van der Waals surface area (Å²) in [6.45, 7) is 2.04. The fraction of sp³-hybridized carbons (Fsp3) is 0.273. The SMILES string of the molecule is CCCCCC(N1C(=O)c2ccccc2C1=O)N1C(=O)c2ccccc2C1=O. The Kier molecular flexibility index (Phi) is 4.55. The van der Waals surface area contributed by atoms with Crippen LogP contribution in [0, 0.1) is 0 Å². The van der Waals surface area contributed by atoms with Crippen molar-refractivity contribution >= 4 is 23.6 Å². The molecule has 0 atom stereocenters. The lowest BCUT2D eigenvalue weighted by Gasteiger charge is -2.32. The van der Waals surface area contributed by atoms with Crippen molar-refractivity contribution in [2.24, 2.45) is 0 Å². The molecule has 0 bridgehead atoms. The molecule has 0 fully saturated rings. The van der Waals surface area contributed by atoms with Crippen LogP contribution in [0.25, 0.3) is 0 Å². The maximum absolute atomic E-state index is 13.0. The van der Waals surface area contributed by atoms with E-state index in [9.17, 15) is 19.2 Å². The van der Waals surface area contributed by atoms with Crippen molar-refractivity contribution in [2.45, 2.75) is 38.8 Å². The van der Waals surface area contributed by atoms with E-state index < -0.39 is 29.8 Å². The molecule has 2 aliphatic rings. The lowest BCUT2D eigenvalue weighted by molar-refractivity contribution is 0.0268. The molecule has 0 aromatic heterocycles. The smallest absolute Gasteiger partial charge is 0.263 e. The third-order valence-electron chi connectivity index (χ3n) is 5.31. The highest BCUT2D eigenvalue weighted by Crippen LogP contribution is 2.32. The zero-order valence-electron chi connectivity index (χ0n) is 15.6. The molecule has 0 aliphatic carbocycles. The molecule has 2 aromatic carbocycles. The van der Waals surface area contributed by atoms with E-state index >= 15 is 0 Å². The normalized spacial score (nSPS) is 15.6. The Labute approximate surface area is 162 Å². The quantitative estimate of drug-likeness (QED) is 0.571. The van der Waals surface area contributed by atoms with E-state index in [1.165, 1.54) is 0 Å². The van der Waals surface area contributed by atoms with Crippen molar-refractivity contribution in [3.05, 3.63) is 70.8 Å². The van der Waals surface area contributed by atoms with Crippen LogP contribution in [-0.2, 0) is 0 Å². The summed E-state index contributed by atoms with van der Waals surface area (Å²) >= 11 is 0. The molecule has 0 unspecified atom stereocenters. The average molecular weight is 376 g/mol. The third-order valence-corrected chi connectivity index (χ3v) is 5.31. The molecule has 6 nitrogen and oxygen atoms in total. The van der Waals surface area contributed by atoms with Crippen LogP contribution in [0.4, 0.5) is 0 Å². The van der Waals surface area contributed by atoms with Crippen molar-refractivity contribution < 1.29 is 19.2 Å². The molecule has 0 N–H and O–H groups in total. The minimum atomic E-state index is -0.925. The fourth-order valence-corrected chi connectivity index (χ4v) is 3.91. The van der Waals surface area contributed by atoms with E-state index in [-0.39, 0.29) is 0 Å². The van der Waals surface area contributed by atoms with Crippen LogP contribution < -0.4 is 0 Å². The lowest BCUT2D eigenvalue weighted by atomic mass is 10.1. The van der Waals surface area contributed by atoms with Crippen molar-refractivity contribution in [3.8, 4) is 0 Å². The fourth-order valence-electron chi connectivity index (χ4n) is 3.91. The molecule has 28 heavy (non-hydrogen) atoms. The number of nitrogens with zero attached hydrogens (tertiary/aromatic N) is 2. The van der Waals surface area contributed by atoms with Gasteiger partial charge in [0.25, 0.3) is 23.6 Å². The van der Waals surface area contributed by atoms with Gasteiger partial charge in [-0.3, -0.25) is 29.0 Å². The van der Waals surface area contributed by atoms with Gasteiger partial charge >= 0.3 is 0 Å². The maximum atomic E-state index is 13.0. The Morgan fingerprint density at radius 2 is 1.00 bits per heavy atom. The summed E-state index contributed by atoms with van der Waals surface area (Å²) in [5, 5.41) is 0. The van der Waals surface area contributed by atoms with Crippen LogP contribution in [0.15, 0.2) is 48.5 Å². The highest BCUT2D eigenvalue weighted by Gasteiger charge is 2.48. The summed E-state index contributed by atoms with van der Waals surface area (Å²) in [5.41, 5.74) is 1.24. The second-order valence-electron chi connectivity index (χ2n) is 7.03. The largest absolute Gasteiger partial charge is 0.268 e. The Morgan fingerprint density at radius 1 is 0.643 bits per heavy atom. The Bertz CT molecular complexity index is 852. The van der Waals surface area contributed by atoms with E-state index in [0.29, 0.717) is 35.1 Å². The summed E-state index contributed by atoms with van der Waals surface area (Å²) in [5.74, 6) is -1.84. The first-order valence-electron chi connectivity index (χ1n) is 9.50. The van der Waals surface area contributed by atoms with E-state index in [1.54, 1.807) is 48.5 Å². The molecule has 2 heterocycles. The van der Waals surface area contributed by atoms with Gasteiger partial charge in [-0.2, -0.15) is 0 Å². The van der Waals surface area contributed by atoms with Gasteiger partial charge in [-0.1, -0.05) is 44.0 Å². The molecule has 0 saturated carbocycles. The summed E-state index contributed by atoms with van der Waals surface area (Å²) in [6.07, 6.45) is 1.96. The third kappa shape index (κ3) is 2.64. The zero-order chi connectivity index (χ0) is 19.8. The van der Waals surface area contributed by atoms with Gasteiger partial charge in [0.2, 0.25) is 0 Å². The van der Waals surface area contributed by atoms with E-state index in [1.807, 2.05) is 6.92 Å². The molecule has 0 spiro atoms. The van der Waals surface area contributed by atoms with Gasteiger partial charge in [-0.15, -0.1) is 0 Å². The molecule has 6 heteroatoms. The second-order valence-corrected chi connectivity index (χ2v) is 7.03. The van der Waals surface area contributed by atoms with Gasteiger partial charge in [0, 0.05) is 0 Å². The van der Waals surface area contributed by atoms with Crippen LogP contribution in [0.1, 0.15) is 74.0 Å². The van der Waals surface area contributed by atoms with Crippen LogP contribution in [0.3, 0.4) is 0 Å². The second kappa shape index (κ2) is 7.03. The molecular formula is C22H20N2O4. The molecule has 0 radical (unpaired) electrons. The minimum Gasteiger partial charge on any atom is -0.268 e. The first-order valence-corrected chi connectivity index (χ1v) is 9.50. The monoisotopic (exact) mass is 376 g/mol. The number of rotatable bonds is 6. The van der Waals surface area contributed by atoms with E-state index in [4.69, 9.17) is 0 Å². The van der Waals surface area contributed by atoms with Crippen LogP contribution in [0.2, 0.25) is 0 Å². The highest BCUT2D eigenvalue weighted by atomic mass is 16.2. The first kappa shape index (κ1) is 18.1. The number of benzene rings is 2. The Morgan fingerprint density at radius 3 is 1.32 bits per heavy atom. The topological polar surface area (TPSA) is 74.8 Å². The van der Waals surface area contributed by atoms with Gasteiger partial charge in [0.15, 0.2) is 0 Å². The van der Waals surface area contributed by atoms with E-state index in [0.717, 1.165) is 22.6 Å². The molecule has 0 saturated heterocycles. The Balaban J connectivity index is 1.74. The van der Waals surface area contributed by atoms with Gasteiger partial charge in [-0.05, 0) is 37.1 Å². The van der Waals surface area contributed by atoms with Crippen molar-refractivity contribution in [3.63, 3.8) is 0 Å². The van der Waals surface area contributed by atoms with Gasteiger partial charge in [-0.25, -0.2) is 0 Å². The number of unbranched alkanes of at least 4 members (excludes halogenated alkanes) is 2. The Hall–Kier alpha value is -3.28. The summed E-state index contributed by atoms with van der Waals surface area (Å²) < 4.78 is 0. The van der Waals surface area contributed by atoms with Gasteiger partial charge in [0.1, 0.15) is 6.17 Å². The predicted octanol–water partition coefficient (Wildman–Crippen LogP) is 3.49. The van der Waals surface area contributed by atoms with Gasteiger partial charge < -0.3 is 0 Å². The molecular weight excluding hydrogens is 356 g/mol. The highest BCUT2D eigenvalue weighted by molar-refractivity contribution is 6.24. The summed E-state index contributed by atoms with van der Waals surface area (Å²) in [7, 11) is 0. The maximum Gasteiger partial charge on any atom is 0.263 e. The number of fused-ring (bicyclic) bond motifs is 2. The van der Waals surface area contributed by atoms with Crippen LogP contribution in [-0.4, -0.2) is 39.6 Å². The van der Waals surface area contributed by atoms with Crippen molar-refractivity contribution in [2.75, 3.05) is 0 Å². The standard InChI is InChI=1S/C22H20N2O4/c1-2-3-4-13-18(23-19(25)14-9-5-6-10-15(14)20(23)26)24-21(27)16-11-7-8-12-17(16)22(24)28/h5-12,18H,2-4,13H2,1H3. The van der Waals surface area contributed by atoms with Crippen LogP contribution >= 0.6 is 0 Å². The van der Waals surface area contributed by atoms with E-state index in [2.05, 4.69) is 0 Å².